The highest BCUT2D eigenvalue weighted by molar-refractivity contribution is 6.09. The highest BCUT2D eigenvalue weighted by Crippen LogP contribution is 2.31. The number of carbonyl (C=O) groups excluding carboxylic acids is 4. The van der Waals surface area contributed by atoms with Crippen molar-refractivity contribution >= 4 is 29.8 Å². The van der Waals surface area contributed by atoms with Gasteiger partial charge in [-0.3, -0.25) is 19.2 Å². The van der Waals surface area contributed by atoms with Crippen LogP contribution >= 0.6 is 0 Å². The minimum Gasteiger partial charge on any atom is -0.481 e. The van der Waals surface area contributed by atoms with Gasteiger partial charge in [0.1, 0.15) is 17.6 Å². The summed E-state index contributed by atoms with van der Waals surface area (Å²) >= 11 is 0. The van der Waals surface area contributed by atoms with Crippen molar-refractivity contribution in [2.45, 2.75) is 45.8 Å². The average molecular weight is 437 g/mol. The summed E-state index contributed by atoms with van der Waals surface area (Å²) < 4.78 is 14.7. The Balaban J connectivity index is 3.11. The number of esters is 2. The largest absolute Gasteiger partial charge is 0.481 e. The first-order chi connectivity index (χ1) is 14.4. The third-order valence-electron chi connectivity index (χ3n) is 4.06. The van der Waals surface area contributed by atoms with Crippen LogP contribution < -0.4 is 5.32 Å². The van der Waals surface area contributed by atoms with E-state index < -0.39 is 60.2 Å². The Labute approximate surface area is 179 Å². The van der Waals surface area contributed by atoms with E-state index >= 15 is 0 Å². The molecule has 31 heavy (non-hydrogen) atoms. The Morgan fingerprint density at radius 3 is 2.13 bits per heavy atom. The SMILES string of the molecule is COC(=O)CC(CC(=O)O)(C(=O)CNC(=O)OC(C)(C)C)C(=O)OCc1ccccc1. The predicted octanol–water partition coefficient (Wildman–Crippen LogP) is 1.85. The topological polar surface area (TPSA) is 145 Å². The molecule has 10 nitrogen and oxygen atoms in total. The molecule has 0 saturated heterocycles. The molecule has 170 valence electrons. The summed E-state index contributed by atoms with van der Waals surface area (Å²) in [4.78, 5) is 61.1. The van der Waals surface area contributed by atoms with Crippen molar-refractivity contribution in [1.29, 1.82) is 0 Å². The lowest BCUT2D eigenvalue weighted by Crippen LogP contribution is -2.49. The normalized spacial score (nSPS) is 12.8. The van der Waals surface area contributed by atoms with Crippen LogP contribution in [0.5, 0.6) is 0 Å². The van der Waals surface area contributed by atoms with Crippen LogP contribution in [-0.2, 0) is 40.0 Å². The van der Waals surface area contributed by atoms with Crippen LogP contribution in [0.3, 0.4) is 0 Å². The van der Waals surface area contributed by atoms with Gasteiger partial charge in [-0.25, -0.2) is 4.79 Å². The number of benzene rings is 1. The maximum Gasteiger partial charge on any atom is 0.408 e. The van der Waals surface area contributed by atoms with Gasteiger partial charge in [0, 0.05) is 0 Å². The minimum atomic E-state index is -2.39. The molecule has 10 heteroatoms. The van der Waals surface area contributed by atoms with Crippen molar-refractivity contribution in [3.63, 3.8) is 0 Å². The summed E-state index contributed by atoms with van der Waals surface area (Å²) in [5, 5.41) is 11.5. The fourth-order valence-corrected chi connectivity index (χ4v) is 2.59. The second kappa shape index (κ2) is 11.1. The number of Topliss-reactive ketones (excluding diaryl/α,β-unsaturated/α-hetero) is 1. The second-order valence-corrected chi connectivity index (χ2v) is 7.75. The number of amides is 1. The zero-order chi connectivity index (χ0) is 23.7. The number of carbonyl (C=O) groups is 5. The van der Waals surface area contributed by atoms with E-state index in [1.54, 1.807) is 51.1 Å². The number of ether oxygens (including phenoxy) is 3. The summed E-state index contributed by atoms with van der Waals surface area (Å²) in [5.74, 6) is -4.72. The van der Waals surface area contributed by atoms with Gasteiger partial charge in [-0.05, 0) is 26.3 Å². The lowest BCUT2D eigenvalue weighted by Gasteiger charge is -2.28. The van der Waals surface area contributed by atoms with Gasteiger partial charge < -0.3 is 24.6 Å². The number of alkyl carbamates (subject to hydrolysis) is 1. The van der Waals surface area contributed by atoms with Crippen LogP contribution in [0, 0.1) is 5.41 Å². The fraction of sp³-hybridized carbons (Fsp3) is 0.476. The Morgan fingerprint density at radius 2 is 1.61 bits per heavy atom. The summed E-state index contributed by atoms with van der Waals surface area (Å²) in [6, 6.07) is 8.50. The van der Waals surface area contributed by atoms with Gasteiger partial charge in [-0.15, -0.1) is 0 Å². The molecule has 0 heterocycles. The van der Waals surface area contributed by atoms with E-state index in [0.717, 1.165) is 7.11 Å². The first kappa shape index (κ1) is 25.6. The third-order valence-corrected chi connectivity index (χ3v) is 4.06. The second-order valence-electron chi connectivity index (χ2n) is 7.75. The zero-order valence-electron chi connectivity index (χ0n) is 17.9. The predicted molar refractivity (Wildman–Crippen MR) is 107 cm³/mol. The maximum absolute atomic E-state index is 12.9. The van der Waals surface area contributed by atoms with Crippen LogP contribution in [-0.4, -0.2) is 54.1 Å². The van der Waals surface area contributed by atoms with Gasteiger partial charge >= 0.3 is 24.0 Å². The quantitative estimate of drug-likeness (QED) is 0.318. The number of methoxy groups -OCH3 is 1. The molecule has 0 aliphatic rings. The molecule has 1 unspecified atom stereocenters. The van der Waals surface area contributed by atoms with Crippen molar-refractivity contribution in [2.75, 3.05) is 13.7 Å². The third kappa shape index (κ3) is 8.45. The highest BCUT2D eigenvalue weighted by Gasteiger charge is 2.51. The number of hydrogen-bond acceptors (Lipinski definition) is 8. The van der Waals surface area contributed by atoms with Crippen molar-refractivity contribution < 1.29 is 43.3 Å². The average Bonchev–Trinajstić information content (AvgIpc) is 2.68. The van der Waals surface area contributed by atoms with E-state index in [1.165, 1.54) is 0 Å². The molecule has 0 fully saturated rings. The smallest absolute Gasteiger partial charge is 0.408 e. The van der Waals surface area contributed by atoms with E-state index in [1.807, 2.05) is 0 Å². The highest BCUT2D eigenvalue weighted by atomic mass is 16.6. The lowest BCUT2D eigenvalue weighted by atomic mass is 9.76. The van der Waals surface area contributed by atoms with Gasteiger partial charge in [0.15, 0.2) is 5.78 Å². The minimum absolute atomic E-state index is 0.241. The van der Waals surface area contributed by atoms with Crippen molar-refractivity contribution in [3.05, 3.63) is 35.9 Å². The van der Waals surface area contributed by atoms with Crippen LogP contribution in [0.25, 0.3) is 0 Å². The summed E-state index contributed by atoms with van der Waals surface area (Å²) in [5.41, 5.74) is -2.63. The van der Waals surface area contributed by atoms with Gasteiger partial charge in [0.25, 0.3) is 0 Å². The Kier molecular flexibility index (Phi) is 9.16. The van der Waals surface area contributed by atoms with Crippen LogP contribution in [0.2, 0.25) is 0 Å². The van der Waals surface area contributed by atoms with Crippen molar-refractivity contribution in [3.8, 4) is 0 Å². The Morgan fingerprint density at radius 1 is 1.00 bits per heavy atom. The molecule has 0 saturated carbocycles. The molecule has 2 N–H and O–H groups in total. The fourth-order valence-electron chi connectivity index (χ4n) is 2.59. The van der Waals surface area contributed by atoms with Crippen LogP contribution in [0.15, 0.2) is 30.3 Å². The molecular weight excluding hydrogens is 410 g/mol. The lowest BCUT2D eigenvalue weighted by molar-refractivity contribution is -0.170. The molecule has 0 aliphatic heterocycles. The molecule has 1 aromatic carbocycles. The first-order valence-corrected chi connectivity index (χ1v) is 9.39. The number of carboxylic acids is 1. The molecule has 0 aliphatic carbocycles. The van der Waals surface area contributed by atoms with Gasteiger partial charge in [0.05, 0.1) is 26.5 Å². The van der Waals surface area contributed by atoms with E-state index in [2.05, 4.69) is 10.1 Å². The van der Waals surface area contributed by atoms with Gasteiger partial charge in [0.2, 0.25) is 0 Å². The summed E-state index contributed by atoms with van der Waals surface area (Å²) in [6.07, 6.45) is -2.83. The molecule has 1 amide bonds. The standard InChI is InChI=1S/C21H27NO9/c1-20(2,3)31-19(28)22-12-15(23)21(10-16(24)25,11-17(26)29-4)18(27)30-13-14-8-6-5-7-9-14/h5-9H,10-13H2,1-4H3,(H,22,28)(H,24,25). The number of hydrogen-bond donors (Lipinski definition) is 2. The summed E-state index contributed by atoms with van der Waals surface area (Å²) in [6.45, 7) is 3.85. The zero-order valence-corrected chi connectivity index (χ0v) is 17.9. The van der Waals surface area contributed by atoms with Crippen molar-refractivity contribution in [2.24, 2.45) is 5.41 Å². The number of ketones is 1. The summed E-state index contributed by atoms with van der Waals surface area (Å²) in [7, 11) is 1.03. The number of rotatable bonds is 10. The maximum atomic E-state index is 12.9. The molecule has 1 atom stereocenters. The van der Waals surface area contributed by atoms with Gasteiger partial charge in [-0.1, -0.05) is 30.3 Å². The van der Waals surface area contributed by atoms with E-state index in [0.29, 0.717) is 5.56 Å². The van der Waals surface area contributed by atoms with Crippen LogP contribution in [0.4, 0.5) is 4.79 Å². The monoisotopic (exact) mass is 437 g/mol. The molecule has 0 radical (unpaired) electrons. The van der Waals surface area contributed by atoms with Crippen LogP contribution in [0.1, 0.15) is 39.2 Å². The molecule has 0 aromatic heterocycles. The van der Waals surface area contributed by atoms with Crippen molar-refractivity contribution in [1.82, 2.24) is 5.32 Å². The molecule has 1 aromatic rings. The molecule has 0 spiro atoms. The van der Waals surface area contributed by atoms with E-state index in [9.17, 15) is 29.1 Å². The molecule has 1 rings (SSSR count). The number of aliphatic carboxylic acids is 1. The molecule has 0 bridgehead atoms. The molecular formula is C21H27NO9. The van der Waals surface area contributed by atoms with E-state index in [-0.39, 0.29) is 6.61 Å². The number of carboxylic acid groups (broad SMARTS) is 1. The Hall–Kier alpha value is -3.43. The van der Waals surface area contributed by atoms with Gasteiger partial charge in [-0.2, -0.15) is 0 Å². The number of nitrogens with one attached hydrogen (secondary N) is 1. The van der Waals surface area contributed by atoms with E-state index in [4.69, 9.17) is 9.47 Å². The first-order valence-electron chi connectivity index (χ1n) is 9.39. The Bertz CT molecular complexity index is 814.